The first-order valence-electron chi connectivity index (χ1n) is 7.91. The van der Waals surface area contributed by atoms with Crippen molar-refractivity contribution >= 4 is 18.2 Å². The van der Waals surface area contributed by atoms with Crippen LogP contribution in [0.15, 0.2) is 0 Å². The van der Waals surface area contributed by atoms with Crippen LogP contribution in [0.2, 0.25) is 0 Å². The highest BCUT2D eigenvalue weighted by Gasteiger charge is 2.02. The summed E-state index contributed by atoms with van der Waals surface area (Å²) < 4.78 is 0. The van der Waals surface area contributed by atoms with Gasteiger partial charge in [0.25, 0.3) is 0 Å². The molecule has 0 aliphatic heterocycles. The van der Waals surface area contributed by atoms with Crippen LogP contribution in [0.25, 0.3) is 0 Å². The van der Waals surface area contributed by atoms with Crippen molar-refractivity contribution in [1.82, 2.24) is 16.0 Å². The van der Waals surface area contributed by atoms with Gasteiger partial charge in [-0.25, -0.2) is 0 Å². The van der Waals surface area contributed by atoms with E-state index in [-0.39, 0.29) is 11.8 Å². The molecule has 0 rings (SSSR count). The Morgan fingerprint density at radius 2 is 1.38 bits per heavy atom. The zero-order chi connectivity index (χ0) is 15.8. The van der Waals surface area contributed by atoms with E-state index in [1.54, 1.807) is 0 Å². The van der Waals surface area contributed by atoms with Gasteiger partial charge < -0.3 is 16.0 Å². The second-order valence-corrected chi connectivity index (χ2v) is 5.04. The van der Waals surface area contributed by atoms with E-state index in [1.807, 2.05) is 0 Å². The largest absolute Gasteiger partial charge is 0.359 e. The third-order valence-electron chi connectivity index (χ3n) is 3.06. The number of nitrogens with one attached hydrogen (secondary N) is 3. The molecule has 0 bridgehead atoms. The van der Waals surface area contributed by atoms with Crippen molar-refractivity contribution in [3.05, 3.63) is 0 Å². The van der Waals surface area contributed by atoms with Crippen molar-refractivity contribution in [2.75, 3.05) is 19.6 Å². The minimum atomic E-state index is 0.0126. The van der Waals surface area contributed by atoms with E-state index >= 15 is 0 Å². The molecule has 0 heterocycles. The van der Waals surface area contributed by atoms with Crippen LogP contribution in [0.1, 0.15) is 58.3 Å². The minimum absolute atomic E-state index is 0.0126. The lowest BCUT2D eigenvalue weighted by Crippen LogP contribution is -2.28. The molecule has 0 spiro atoms. The lowest BCUT2D eigenvalue weighted by molar-refractivity contribution is -0.123. The van der Waals surface area contributed by atoms with Crippen LogP contribution in [0.4, 0.5) is 0 Å². The Morgan fingerprint density at radius 1 is 0.810 bits per heavy atom. The third kappa shape index (κ3) is 14.6. The topological polar surface area (TPSA) is 87.3 Å². The van der Waals surface area contributed by atoms with Crippen molar-refractivity contribution in [3.8, 4) is 0 Å². The van der Waals surface area contributed by atoms with Crippen LogP contribution < -0.4 is 16.0 Å². The molecule has 0 aromatic heterocycles. The van der Waals surface area contributed by atoms with E-state index in [9.17, 15) is 14.4 Å². The van der Waals surface area contributed by atoms with Crippen LogP contribution in [0, 0.1) is 0 Å². The highest BCUT2D eigenvalue weighted by Crippen LogP contribution is 1.98. The number of unbranched alkanes of at least 4 members (excludes halogenated alkanes) is 3. The highest BCUT2D eigenvalue weighted by atomic mass is 16.2. The van der Waals surface area contributed by atoms with Gasteiger partial charge in [0.1, 0.15) is 0 Å². The summed E-state index contributed by atoms with van der Waals surface area (Å²) in [6, 6.07) is 0. The molecule has 0 aromatic rings. The maximum Gasteiger partial charge on any atom is 0.220 e. The average Bonchev–Trinajstić information content (AvgIpc) is 2.47. The number of amides is 3. The smallest absolute Gasteiger partial charge is 0.220 e. The zero-order valence-electron chi connectivity index (χ0n) is 13.1. The summed E-state index contributed by atoms with van der Waals surface area (Å²) in [5, 5.41) is 8.22. The first kappa shape index (κ1) is 19.4. The molecule has 6 nitrogen and oxygen atoms in total. The molecule has 122 valence electrons. The lowest BCUT2D eigenvalue weighted by Gasteiger charge is -2.06. The second kappa shape index (κ2) is 14.8. The fraction of sp³-hybridized carbons (Fsp3) is 0.800. The predicted octanol–water partition coefficient (Wildman–Crippen LogP) is 1.11. The monoisotopic (exact) mass is 299 g/mol. The summed E-state index contributed by atoms with van der Waals surface area (Å²) in [6.07, 6.45) is 7.18. The van der Waals surface area contributed by atoms with Crippen LogP contribution in [-0.4, -0.2) is 37.9 Å². The van der Waals surface area contributed by atoms with Gasteiger partial charge in [-0.15, -0.1) is 0 Å². The molecule has 0 unspecified atom stereocenters. The molecule has 0 aliphatic carbocycles. The second-order valence-electron chi connectivity index (χ2n) is 5.04. The minimum Gasteiger partial charge on any atom is -0.359 e. The van der Waals surface area contributed by atoms with Gasteiger partial charge in [-0.05, 0) is 25.7 Å². The molecule has 0 radical (unpaired) electrons. The third-order valence-corrected chi connectivity index (χ3v) is 3.06. The van der Waals surface area contributed by atoms with Gasteiger partial charge >= 0.3 is 0 Å². The maximum absolute atomic E-state index is 11.5. The van der Waals surface area contributed by atoms with Gasteiger partial charge in [-0.2, -0.15) is 0 Å². The van der Waals surface area contributed by atoms with Gasteiger partial charge in [0.15, 0.2) is 0 Å². The van der Waals surface area contributed by atoms with E-state index in [4.69, 9.17) is 0 Å². The first-order chi connectivity index (χ1) is 10.2. The molecule has 3 amide bonds. The molecular weight excluding hydrogens is 270 g/mol. The molecule has 0 aromatic carbocycles. The molecule has 21 heavy (non-hydrogen) atoms. The Hall–Kier alpha value is -1.59. The Morgan fingerprint density at radius 3 is 2.00 bits per heavy atom. The van der Waals surface area contributed by atoms with Gasteiger partial charge in [0.2, 0.25) is 18.2 Å². The summed E-state index contributed by atoms with van der Waals surface area (Å²) in [6.45, 7) is 3.93. The summed E-state index contributed by atoms with van der Waals surface area (Å²) in [7, 11) is 0. The lowest BCUT2D eigenvalue weighted by atomic mass is 10.2. The summed E-state index contributed by atoms with van der Waals surface area (Å²) >= 11 is 0. The first-order valence-corrected chi connectivity index (χ1v) is 7.91. The molecule has 0 saturated carbocycles. The standard InChI is InChI=1S/C15H29N3O3/c1-2-3-4-8-14(20)18-12-7-9-15(21)17-11-6-5-10-16-13-19/h13H,2-12H2,1H3,(H,16,19)(H,17,21)(H,18,20). The molecule has 3 N–H and O–H groups in total. The van der Waals surface area contributed by atoms with Crippen molar-refractivity contribution < 1.29 is 14.4 Å². The van der Waals surface area contributed by atoms with Crippen molar-refractivity contribution in [1.29, 1.82) is 0 Å². The Labute approximate surface area is 127 Å². The fourth-order valence-corrected chi connectivity index (χ4v) is 1.83. The summed E-state index contributed by atoms with van der Waals surface area (Å²) in [4.78, 5) is 32.9. The Balaban J connectivity index is 3.33. The van der Waals surface area contributed by atoms with E-state index in [0.717, 1.165) is 32.1 Å². The van der Waals surface area contributed by atoms with Crippen LogP contribution >= 0.6 is 0 Å². The number of rotatable bonds is 14. The number of carbonyl (C=O) groups is 3. The zero-order valence-corrected chi connectivity index (χ0v) is 13.1. The number of carbonyl (C=O) groups excluding carboxylic acids is 3. The predicted molar refractivity (Wildman–Crippen MR) is 82.7 cm³/mol. The van der Waals surface area contributed by atoms with Crippen LogP contribution in [0.3, 0.4) is 0 Å². The maximum atomic E-state index is 11.5. The van der Waals surface area contributed by atoms with Gasteiger partial charge in [0.05, 0.1) is 0 Å². The quantitative estimate of drug-likeness (QED) is 0.332. The molecule has 0 atom stereocenters. The number of hydrogen-bond donors (Lipinski definition) is 3. The molecule has 0 saturated heterocycles. The SMILES string of the molecule is CCCCCC(=O)NCCCC(=O)NCCCCNC=O. The Kier molecular flexibility index (Phi) is 13.7. The molecular formula is C15H29N3O3. The number of hydrogen-bond acceptors (Lipinski definition) is 3. The van der Waals surface area contributed by atoms with Gasteiger partial charge in [-0.3, -0.25) is 14.4 Å². The van der Waals surface area contributed by atoms with Crippen molar-refractivity contribution in [2.45, 2.75) is 58.3 Å². The van der Waals surface area contributed by atoms with Gasteiger partial charge in [-0.1, -0.05) is 19.8 Å². The van der Waals surface area contributed by atoms with Crippen LogP contribution in [0.5, 0.6) is 0 Å². The van der Waals surface area contributed by atoms with Crippen molar-refractivity contribution in [3.63, 3.8) is 0 Å². The summed E-state index contributed by atoms with van der Waals surface area (Å²) in [5.74, 6) is 0.0881. The van der Waals surface area contributed by atoms with E-state index < -0.39 is 0 Å². The normalized spacial score (nSPS) is 9.95. The molecule has 0 fully saturated rings. The van der Waals surface area contributed by atoms with Crippen molar-refractivity contribution in [2.24, 2.45) is 0 Å². The fourth-order valence-electron chi connectivity index (χ4n) is 1.83. The summed E-state index contributed by atoms with van der Waals surface area (Å²) in [5.41, 5.74) is 0. The average molecular weight is 299 g/mol. The highest BCUT2D eigenvalue weighted by molar-refractivity contribution is 5.77. The molecule has 0 aliphatic rings. The van der Waals surface area contributed by atoms with E-state index in [2.05, 4.69) is 22.9 Å². The van der Waals surface area contributed by atoms with E-state index in [1.165, 1.54) is 0 Å². The molecule has 6 heteroatoms. The van der Waals surface area contributed by atoms with Crippen LogP contribution in [-0.2, 0) is 14.4 Å². The Bertz CT molecular complexity index is 296. The van der Waals surface area contributed by atoms with E-state index in [0.29, 0.717) is 45.3 Å². The van der Waals surface area contributed by atoms with Gasteiger partial charge in [0, 0.05) is 32.5 Å².